The van der Waals surface area contributed by atoms with Crippen LogP contribution in [0.2, 0.25) is 0 Å². The van der Waals surface area contributed by atoms with Gasteiger partial charge < -0.3 is 5.32 Å². The molecule has 0 saturated heterocycles. The van der Waals surface area contributed by atoms with Crippen LogP contribution in [0.1, 0.15) is 41.0 Å². The topological polar surface area (TPSA) is 46.9 Å². The molecular weight excluding hydrogens is 238 g/mol. The SMILES string of the molecule is CCC(NC(=O)c1cnn(C)c1C)c1ccccc1. The van der Waals surface area contributed by atoms with E-state index in [1.807, 2.05) is 44.3 Å². The molecule has 1 N–H and O–H groups in total. The molecule has 4 nitrogen and oxygen atoms in total. The van der Waals surface area contributed by atoms with Crippen LogP contribution in [0.4, 0.5) is 0 Å². The average Bonchev–Trinajstić information content (AvgIpc) is 2.77. The zero-order chi connectivity index (χ0) is 13.8. The molecule has 19 heavy (non-hydrogen) atoms. The lowest BCUT2D eigenvalue weighted by molar-refractivity contribution is 0.0935. The number of amides is 1. The largest absolute Gasteiger partial charge is 0.345 e. The summed E-state index contributed by atoms with van der Waals surface area (Å²) < 4.78 is 1.71. The number of hydrogen-bond acceptors (Lipinski definition) is 2. The number of nitrogens with zero attached hydrogens (tertiary/aromatic N) is 2. The van der Waals surface area contributed by atoms with Crippen molar-refractivity contribution in [2.45, 2.75) is 26.3 Å². The van der Waals surface area contributed by atoms with Gasteiger partial charge in [-0.25, -0.2) is 0 Å². The highest BCUT2D eigenvalue weighted by molar-refractivity contribution is 5.95. The maximum absolute atomic E-state index is 12.3. The zero-order valence-electron chi connectivity index (χ0n) is 11.6. The molecule has 0 fully saturated rings. The van der Waals surface area contributed by atoms with Crippen LogP contribution >= 0.6 is 0 Å². The minimum absolute atomic E-state index is 0.0355. The van der Waals surface area contributed by atoms with Gasteiger partial charge in [-0.05, 0) is 18.9 Å². The molecule has 0 bridgehead atoms. The molecule has 4 heteroatoms. The molecule has 0 saturated carbocycles. The Kier molecular flexibility index (Phi) is 4.00. The number of aryl methyl sites for hydroxylation is 1. The minimum Gasteiger partial charge on any atom is -0.345 e. The summed E-state index contributed by atoms with van der Waals surface area (Å²) in [4.78, 5) is 12.3. The lowest BCUT2D eigenvalue weighted by Gasteiger charge is -2.17. The van der Waals surface area contributed by atoms with Gasteiger partial charge in [0.1, 0.15) is 0 Å². The summed E-state index contributed by atoms with van der Waals surface area (Å²) in [6, 6.07) is 10.0. The maximum atomic E-state index is 12.3. The number of carbonyl (C=O) groups is 1. The molecule has 2 rings (SSSR count). The van der Waals surface area contributed by atoms with Crippen LogP contribution in [0.15, 0.2) is 36.5 Å². The lowest BCUT2D eigenvalue weighted by Crippen LogP contribution is -2.28. The summed E-state index contributed by atoms with van der Waals surface area (Å²) >= 11 is 0. The van der Waals surface area contributed by atoms with Crippen LogP contribution < -0.4 is 5.32 Å². The van der Waals surface area contributed by atoms with Gasteiger partial charge in [0.25, 0.3) is 5.91 Å². The van der Waals surface area contributed by atoms with E-state index < -0.39 is 0 Å². The molecule has 1 aromatic heterocycles. The van der Waals surface area contributed by atoms with Crippen molar-refractivity contribution in [3.8, 4) is 0 Å². The number of nitrogens with one attached hydrogen (secondary N) is 1. The fourth-order valence-electron chi connectivity index (χ4n) is 2.06. The summed E-state index contributed by atoms with van der Waals surface area (Å²) in [5, 5.41) is 7.16. The fourth-order valence-corrected chi connectivity index (χ4v) is 2.06. The Morgan fingerprint density at radius 3 is 2.58 bits per heavy atom. The van der Waals surface area contributed by atoms with E-state index in [1.54, 1.807) is 10.9 Å². The Bertz CT molecular complexity index is 560. The number of benzene rings is 1. The molecule has 0 aliphatic rings. The molecule has 1 aromatic carbocycles. The second-order valence-electron chi connectivity index (χ2n) is 4.61. The Morgan fingerprint density at radius 1 is 1.37 bits per heavy atom. The molecule has 1 heterocycles. The standard InChI is InChI=1S/C15H19N3O/c1-4-14(12-8-6-5-7-9-12)17-15(19)13-10-16-18(3)11(13)2/h5-10,14H,4H2,1-3H3,(H,17,19). The number of carbonyl (C=O) groups excluding carboxylic acids is 1. The Labute approximate surface area is 113 Å². The van der Waals surface area contributed by atoms with Crippen molar-refractivity contribution in [3.05, 3.63) is 53.3 Å². The van der Waals surface area contributed by atoms with Gasteiger partial charge >= 0.3 is 0 Å². The van der Waals surface area contributed by atoms with Crippen molar-refractivity contribution in [1.29, 1.82) is 0 Å². The van der Waals surface area contributed by atoms with Gasteiger partial charge in [-0.15, -0.1) is 0 Å². The predicted octanol–water partition coefficient (Wildman–Crippen LogP) is 2.61. The zero-order valence-corrected chi connectivity index (χ0v) is 11.6. The third-order valence-corrected chi connectivity index (χ3v) is 3.40. The third-order valence-electron chi connectivity index (χ3n) is 3.40. The number of hydrogen-bond donors (Lipinski definition) is 1. The van der Waals surface area contributed by atoms with Crippen molar-refractivity contribution in [1.82, 2.24) is 15.1 Å². The number of aromatic nitrogens is 2. The van der Waals surface area contributed by atoms with E-state index in [1.165, 1.54) is 0 Å². The van der Waals surface area contributed by atoms with Gasteiger partial charge in [0.05, 0.1) is 17.8 Å². The van der Waals surface area contributed by atoms with Crippen LogP contribution in [0, 0.1) is 6.92 Å². The van der Waals surface area contributed by atoms with Crippen molar-refractivity contribution in [2.75, 3.05) is 0 Å². The average molecular weight is 257 g/mol. The molecule has 1 atom stereocenters. The van der Waals surface area contributed by atoms with Gasteiger partial charge in [-0.3, -0.25) is 9.48 Å². The molecule has 100 valence electrons. The highest BCUT2D eigenvalue weighted by Gasteiger charge is 2.17. The van der Waals surface area contributed by atoms with Crippen LogP contribution in [0.25, 0.3) is 0 Å². The third kappa shape index (κ3) is 2.84. The quantitative estimate of drug-likeness (QED) is 0.915. The van der Waals surface area contributed by atoms with E-state index in [0.29, 0.717) is 5.56 Å². The maximum Gasteiger partial charge on any atom is 0.255 e. The van der Waals surface area contributed by atoms with Crippen molar-refractivity contribution in [2.24, 2.45) is 7.05 Å². The van der Waals surface area contributed by atoms with Crippen LogP contribution in [-0.2, 0) is 7.05 Å². The van der Waals surface area contributed by atoms with Crippen molar-refractivity contribution >= 4 is 5.91 Å². The molecule has 0 radical (unpaired) electrons. The van der Waals surface area contributed by atoms with E-state index in [9.17, 15) is 4.79 Å². The molecule has 0 aliphatic heterocycles. The van der Waals surface area contributed by atoms with E-state index in [4.69, 9.17) is 0 Å². The molecular formula is C15H19N3O. The van der Waals surface area contributed by atoms with Crippen LogP contribution in [0.3, 0.4) is 0 Å². The van der Waals surface area contributed by atoms with Gasteiger partial charge in [0, 0.05) is 12.7 Å². The van der Waals surface area contributed by atoms with Gasteiger partial charge in [-0.2, -0.15) is 5.10 Å². The first-order valence-electron chi connectivity index (χ1n) is 6.48. The predicted molar refractivity (Wildman–Crippen MR) is 74.9 cm³/mol. The van der Waals surface area contributed by atoms with Gasteiger partial charge in [0.15, 0.2) is 0 Å². The highest BCUT2D eigenvalue weighted by atomic mass is 16.1. The first-order valence-corrected chi connectivity index (χ1v) is 6.48. The minimum atomic E-state index is -0.0682. The lowest BCUT2D eigenvalue weighted by atomic mass is 10.0. The molecule has 2 aromatic rings. The summed E-state index contributed by atoms with van der Waals surface area (Å²) in [6.07, 6.45) is 2.47. The summed E-state index contributed by atoms with van der Waals surface area (Å²) in [7, 11) is 1.83. The Morgan fingerprint density at radius 2 is 2.05 bits per heavy atom. The normalized spacial score (nSPS) is 12.2. The van der Waals surface area contributed by atoms with Crippen LogP contribution in [-0.4, -0.2) is 15.7 Å². The van der Waals surface area contributed by atoms with Gasteiger partial charge in [0.2, 0.25) is 0 Å². The van der Waals surface area contributed by atoms with E-state index in [2.05, 4.69) is 17.3 Å². The number of rotatable bonds is 4. The molecule has 0 spiro atoms. The second kappa shape index (κ2) is 5.69. The van der Waals surface area contributed by atoms with E-state index in [-0.39, 0.29) is 11.9 Å². The van der Waals surface area contributed by atoms with Gasteiger partial charge in [-0.1, -0.05) is 37.3 Å². The van der Waals surface area contributed by atoms with E-state index >= 15 is 0 Å². The highest BCUT2D eigenvalue weighted by Crippen LogP contribution is 2.17. The fraction of sp³-hybridized carbons (Fsp3) is 0.333. The smallest absolute Gasteiger partial charge is 0.255 e. The molecule has 1 amide bonds. The second-order valence-corrected chi connectivity index (χ2v) is 4.61. The first kappa shape index (κ1) is 13.3. The Hall–Kier alpha value is -2.10. The first-order chi connectivity index (χ1) is 9.13. The summed E-state index contributed by atoms with van der Waals surface area (Å²) in [6.45, 7) is 3.96. The Balaban J connectivity index is 2.15. The molecule has 1 unspecified atom stereocenters. The monoisotopic (exact) mass is 257 g/mol. The molecule has 0 aliphatic carbocycles. The van der Waals surface area contributed by atoms with E-state index in [0.717, 1.165) is 17.7 Å². The van der Waals surface area contributed by atoms with Crippen LogP contribution in [0.5, 0.6) is 0 Å². The summed E-state index contributed by atoms with van der Waals surface area (Å²) in [5.74, 6) is -0.0682. The van der Waals surface area contributed by atoms with Crippen molar-refractivity contribution < 1.29 is 4.79 Å². The van der Waals surface area contributed by atoms with Crippen molar-refractivity contribution in [3.63, 3.8) is 0 Å². The summed E-state index contributed by atoms with van der Waals surface area (Å²) in [5.41, 5.74) is 2.64.